The molecule has 1 N–H and O–H groups in total. The number of aliphatic hydroxyl groups is 1. The summed E-state index contributed by atoms with van der Waals surface area (Å²) in [5, 5.41) is 9.20. The average molecular weight is 182 g/mol. The van der Waals surface area contributed by atoms with Crippen LogP contribution in [0.1, 0.15) is 20.3 Å². The highest BCUT2D eigenvalue weighted by Gasteiger charge is 2.31. The van der Waals surface area contributed by atoms with E-state index in [4.69, 9.17) is 0 Å². The van der Waals surface area contributed by atoms with Gasteiger partial charge in [-0.25, -0.2) is 0 Å². The van der Waals surface area contributed by atoms with Gasteiger partial charge in [-0.1, -0.05) is 12.2 Å². The highest BCUT2D eigenvalue weighted by Crippen LogP contribution is 2.26. The first-order chi connectivity index (χ1) is 6.02. The van der Waals surface area contributed by atoms with Crippen LogP contribution in [0.25, 0.3) is 0 Å². The van der Waals surface area contributed by atoms with E-state index >= 15 is 0 Å². The second-order valence-corrected chi connectivity index (χ2v) is 3.55. The number of allylic oxidation sites excluding steroid dienone is 1. The molecule has 1 aliphatic rings. The molecule has 3 nitrogen and oxygen atoms in total. The van der Waals surface area contributed by atoms with Crippen molar-refractivity contribution < 1.29 is 14.7 Å². The van der Waals surface area contributed by atoms with Crippen molar-refractivity contribution in [3.8, 4) is 0 Å². The number of carbonyl (C=O) groups excluding carboxylic acids is 2. The molecule has 0 aliphatic heterocycles. The van der Waals surface area contributed by atoms with Crippen LogP contribution in [0, 0.1) is 11.8 Å². The fourth-order valence-corrected chi connectivity index (χ4v) is 1.84. The summed E-state index contributed by atoms with van der Waals surface area (Å²) in [4.78, 5) is 22.3. The van der Waals surface area contributed by atoms with E-state index in [1.165, 1.54) is 13.8 Å². The predicted molar refractivity (Wildman–Crippen MR) is 48.1 cm³/mol. The molecule has 0 aromatic carbocycles. The number of carbonyl (C=O) groups is 2. The monoisotopic (exact) mass is 182 g/mol. The Kier molecular flexibility index (Phi) is 2.98. The van der Waals surface area contributed by atoms with Gasteiger partial charge in [0.15, 0.2) is 0 Å². The summed E-state index contributed by atoms with van der Waals surface area (Å²) >= 11 is 0. The third kappa shape index (κ3) is 2.25. The molecule has 0 bridgehead atoms. The molecule has 0 unspecified atom stereocenters. The van der Waals surface area contributed by atoms with E-state index in [0.717, 1.165) is 0 Å². The van der Waals surface area contributed by atoms with Crippen LogP contribution in [-0.4, -0.2) is 22.8 Å². The van der Waals surface area contributed by atoms with E-state index in [-0.39, 0.29) is 17.5 Å². The Balaban J connectivity index is 2.73. The standard InChI is InChI=1S/C10H14O3/c1-6(11)10(7(2)12)8-3-4-9(13)5-8/h3-4,8-10,13H,5H2,1-2H3/t8-,9+/m0/s1. The zero-order chi connectivity index (χ0) is 10.0. The van der Waals surface area contributed by atoms with Crippen LogP contribution in [0.3, 0.4) is 0 Å². The Morgan fingerprint density at radius 2 is 1.85 bits per heavy atom. The maximum atomic E-state index is 11.1. The van der Waals surface area contributed by atoms with Crippen molar-refractivity contribution in [1.82, 2.24) is 0 Å². The minimum Gasteiger partial charge on any atom is -0.389 e. The van der Waals surface area contributed by atoms with Crippen LogP contribution in [-0.2, 0) is 9.59 Å². The van der Waals surface area contributed by atoms with Crippen molar-refractivity contribution in [2.75, 3.05) is 0 Å². The summed E-state index contributed by atoms with van der Waals surface area (Å²) < 4.78 is 0. The Morgan fingerprint density at radius 1 is 1.31 bits per heavy atom. The van der Waals surface area contributed by atoms with Gasteiger partial charge in [0.1, 0.15) is 11.6 Å². The summed E-state index contributed by atoms with van der Waals surface area (Å²) in [6.07, 6.45) is 3.40. The number of aliphatic hydroxyl groups excluding tert-OH is 1. The molecule has 0 fully saturated rings. The molecule has 0 amide bonds. The highest BCUT2D eigenvalue weighted by atomic mass is 16.3. The number of ketones is 2. The average Bonchev–Trinajstić information content (AvgIpc) is 2.34. The first-order valence-electron chi connectivity index (χ1n) is 4.39. The molecule has 1 rings (SSSR count). The minimum absolute atomic E-state index is 0.106. The fourth-order valence-electron chi connectivity index (χ4n) is 1.84. The Bertz CT molecular complexity index is 241. The van der Waals surface area contributed by atoms with Gasteiger partial charge < -0.3 is 5.11 Å². The third-order valence-corrected chi connectivity index (χ3v) is 2.40. The second-order valence-electron chi connectivity index (χ2n) is 3.55. The summed E-state index contributed by atoms with van der Waals surface area (Å²) in [6.45, 7) is 2.84. The van der Waals surface area contributed by atoms with Crippen LogP contribution in [0.2, 0.25) is 0 Å². The van der Waals surface area contributed by atoms with Crippen LogP contribution >= 0.6 is 0 Å². The van der Waals surface area contributed by atoms with Gasteiger partial charge in [-0.05, 0) is 26.2 Å². The molecule has 72 valence electrons. The van der Waals surface area contributed by atoms with E-state index < -0.39 is 12.0 Å². The van der Waals surface area contributed by atoms with Crippen LogP contribution in [0.4, 0.5) is 0 Å². The van der Waals surface area contributed by atoms with Crippen molar-refractivity contribution in [1.29, 1.82) is 0 Å². The summed E-state index contributed by atoms with van der Waals surface area (Å²) in [5.74, 6) is -0.897. The van der Waals surface area contributed by atoms with Gasteiger partial charge in [0.05, 0.1) is 12.0 Å². The van der Waals surface area contributed by atoms with E-state index in [2.05, 4.69) is 0 Å². The van der Waals surface area contributed by atoms with Crippen molar-refractivity contribution in [2.45, 2.75) is 26.4 Å². The number of hydrogen-bond acceptors (Lipinski definition) is 3. The van der Waals surface area contributed by atoms with Crippen molar-refractivity contribution in [3.63, 3.8) is 0 Å². The summed E-state index contributed by atoms with van der Waals surface area (Å²) in [5.41, 5.74) is 0. The lowest BCUT2D eigenvalue weighted by atomic mass is 9.85. The van der Waals surface area contributed by atoms with Crippen molar-refractivity contribution >= 4 is 11.6 Å². The van der Waals surface area contributed by atoms with Gasteiger partial charge in [-0.2, -0.15) is 0 Å². The molecule has 0 spiro atoms. The van der Waals surface area contributed by atoms with Gasteiger partial charge in [0.25, 0.3) is 0 Å². The van der Waals surface area contributed by atoms with Crippen LogP contribution in [0.15, 0.2) is 12.2 Å². The van der Waals surface area contributed by atoms with Crippen molar-refractivity contribution in [2.24, 2.45) is 11.8 Å². The topological polar surface area (TPSA) is 54.4 Å². The van der Waals surface area contributed by atoms with Gasteiger partial charge in [-0.15, -0.1) is 0 Å². The molecular formula is C10H14O3. The highest BCUT2D eigenvalue weighted by molar-refractivity contribution is 6.00. The molecule has 0 aromatic heterocycles. The largest absolute Gasteiger partial charge is 0.389 e. The SMILES string of the molecule is CC(=O)C(C(C)=O)[C@H]1C=C[C@@H](O)C1. The number of Topliss-reactive ketones (excluding diaryl/α,β-unsaturated/α-hetero) is 2. The predicted octanol–water partition coefficient (Wildman–Crippen LogP) is 0.718. The maximum absolute atomic E-state index is 11.1. The second kappa shape index (κ2) is 3.83. The summed E-state index contributed by atoms with van der Waals surface area (Å²) in [7, 11) is 0. The molecule has 13 heavy (non-hydrogen) atoms. The molecule has 2 atom stereocenters. The first kappa shape index (κ1) is 10.1. The summed E-state index contributed by atoms with van der Waals surface area (Å²) in [6, 6.07) is 0. The molecule has 0 saturated heterocycles. The fraction of sp³-hybridized carbons (Fsp3) is 0.600. The molecule has 3 heteroatoms. The lowest BCUT2D eigenvalue weighted by molar-refractivity contribution is -0.132. The van der Waals surface area contributed by atoms with Gasteiger partial charge in [0, 0.05) is 0 Å². The van der Waals surface area contributed by atoms with E-state index in [1.807, 2.05) is 0 Å². The third-order valence-electron chi connectivity index (χ3n) is 2.40. The first-order valence-corrected chi connectivity index (χ1v) is 4.39. The minimum atomic E-state index is -0.562. The molecule has 0 radical (unpaired) electrons. The van der Waals surface area contributed by atoms with Crippen molar-refractivity contribution in [3.05, 3.63) is 12.2 Å². The van der Waals surface area contributed by atoms with E-state index in [1.54, 1.807) is 12.2 Å². The quantitative estimate of drug-likeness (QED) is 0.516. The smallest absolute Gasteiger partial charge is 0.140 e. The lowest BCUT2D eigenvalue weighted by Gasteiger charge is -2.16. The zero-order valence-corrected chi connectivity index (χ0v) is 7.86. The molecule has 0 heterocycles. The molecule has 1 aliphatic carbocycles. The Hall–Kier alpha value is -0.960. The van der Waals surface area contributed by atoms with E-state index in [0.29, 0.717) is 6.42 Å². The molecule has 0 aromatic rings. The van der Waals surface area contributed by atoms with Crippen LogP contribution in [0.5, 0.6) is 0 Å². The number of rotatable bonds is 3. The normalized spacial score (nSPS) is 26.8. The van der Waals surface area contributed by atoms with Gasteiger partial charge in [0.2, 0.25) is 0 Å². The van der Waals surface area contributed by atoms with E-state index in [9.17, 15) is 14.7 Å². The Morgan fingerprint density at radius 3 is 2.15 bits per heavy atom. The Labute approximate surface area is 77.4 Å². The van der Waals surface area contributed by atoms with Crippen LogP contribution < -0.4 is 0 Å². The van der Waals surface area contributed by atoms with Gasteiger partial charge in [-0.3, -0.25) is 9.59 Å². The molecular weight excluding hydrogens is 168 g/mol. The lowest BCUT2D eigenvalue weighted by Crippen LogP contribution is -2.27. The molecule has 0 saturated carbocycles. The van der Waals surface area contributed by atoms with Gasteiger partial charge >= 0.3 is 0 Å². The zero-order valence-electron chi connectivity index (χ0n) is 7.86. The maximum Gasteiger partial charge on any atom is 0.140 e. The number of hydrogen-bond donors (Lipinski definition) is 1.